The molecule has 0 atom stereocenters. The van der Waals surface area contributed by atoms with Crippen molar-refractivity contribution in [3.8, 4) is 11.6 Å². The molecule has 0 aliphatic rings. The molecule has 0 spiro atoms. The molecule has 0 radical (unpaired) electrons. The third-order valence-corrected chi connectivity index (χ3v) is 4.74. The van der Waals surface area contributed by atoms with Crippen LogP contribution in [0.2, 0.25) is 0 Å². The fourth-order valence-corrected chi connectivity index (χ4v) is 2.86. The van der Waals surface area contributed by atoms with Crippen molar-refractivity contribution in [3.63, 3.8) is 0 Å². The highest BCUT2D eigenvalue weighted by Gasteiger charge is 2.28. The highest BCUT2D eigenvalue weighted by atomic mass is 16.5. The number of ether oxygens (including phenoxy) is 2. The first-order valence-corrected chi connectivity index (χ1v) is 9.78. The Balaban J connectivity index is 1.52. The molecule has 9 heteroatoms. The molecule has 0 fully saturated rings. The van der Waals surface area contributed by atoms with Crippen molar-refractivity contribution in [2.45, 2.75) is 26.9 Å². The number of nitrogens with one attached hydrogen (secondary N) is 1. The highest BCUT2D eigenvalue weighted by molar-refractivity contribution is 5.94. The summed E-state index contributed by atoms with van der Waals surface area (Å²) in [6.45, 7) is 4.23. The first-order chi connectivity index (χ1) is 14.9. The molecule has 1 aromatic carbocycles. The summed E-state index contributed by atoms with van der Waals surface area (Å²) in [5.41, 5.74) is 0.717. The van der Waals surface area contributed by atoms with Crippen LogP contribution in [0, 0.1) is 5.41 Å². The Hall–Kier alpha value is -3.75. The van der Waals surface area contributed by atoms with E-state index in [9.17, 15) is 9.59 Å². The molecule has 0 bridgehead atoms. The molecule has 162 valence electrons. The Morgan fingerprint density at radius 3 is 2.71 bits per heavy atom. The van der Waals surface area contributed by atoms with E-state index in [4.69, 9.17) is 9.47 Å². The van der Waals surface area contributed by atoms with Gasteiger partial charge >= 0.3 is 5.97 Å². The Bertz CT molecular complexity index is 1020. The first kappa shape index (κ1) is 21.9. The quantitative estimate of drug-likeness (QED) is 0.527. The van der Waals surface area contributed by atoms with Gasteiger partial charge in [0.25, 0.3) is 5.91 Å². The Kier molecular flexibility index (Phi) is 6.96. The average molecular weight is 423 g/mol. The molecular weight excluding hydrogens is 398 g/mol. The van der Waals surface area contributed by atoms with Crippen molar-refractivity contribution >= 4 is 11.9 Å². The van der Waals surface area contributed by atoms with Gasteiger partial charge in [0.05, 0.1) is 18.7 Å². The van der Waals surface area contributed by atoms with E-state index in [0.29, 0.717) is 36.7 Å². The van der Waals surface area contributed by atoms with Gasteiger partial charge in [-0.2, -0.15) is 5.10 Å². The zero-order chi connectivity index (χ0) is 22.3. The van der Waals surface area contributed by atoms with Crippen LogP contribution >= 0.6 is 0 Å². The van der Waals surface area contributed by atoms with Crippen molar-refractivity contribution in [2.75, 3.05) is 13.7 Å². The lowest BCUT2D eigenvalue weighted by molar-refractivity contribution is -0.151. The maximum atomic E-state index is 12.5. The molecule has 3 rings (SSSR count). The molecule has 2 aromatic heterocycles. The number of nitrogens with zero attached hydrogens (tertiary/aromatic N) is 4. The average Bonchev–Trinajstić information content (AvgIpc) is 3.32. The van der Waals surface area contributed by atoms with E-state index in [1.165, 1.54) is 13.4 Å². The van der Waals surface area contributed by atoms with Crippen LogP contribution in [0.25, 0.3) is 5.82 Å². The number of hydrogen-bond acceptors (Lipinski definition) is 7. The number of carbonyl (C=O) groups excluding carboxylic acids is 2. The number of hydrogen-bond donors (Lipinski definition) is 1. The topological polar surface area (TPSA) is 108 Å². The molecule has 0 saturated carbocycles. The number of pyridine rings is 1. The van der Waals surface area contributed by atoms with Crippen molar-refractivity contribution in [1.29, 1.82) is 0 Å². The molecule has 9 nitrogen and oxygen atoms in total. The summed E-state index contributed by atoms with van der Waals surface area (Å²) in [6.07, 6.45) is 5.09. The molecular formula is C22H25N5O4. The Morgan fingerprint density at radius 2 is 2.03 bits per heavy atom. The second-order valence-corrected chi connectivity index (χ2v) is 7.56. The SMILES string of the molecule is COC(=O)C(C)(C)CCNC(=O)c1cccc(COc2ccc(-n3cncn3)nc2)c1. The highest BCUT2D eigenvalue weighted by Crippen LogP contribution is 2.21. The summed E-state index contributed by atoms with van der Waals surface area (Å²) >= 11 is 0. The lowest BCUT2D eigenvalue weighted by Gasteiger charge is -2.21. The fourth-order valence-electron chi connectivity index (χ4n) is 2.86. The standard InChI is InChI=1S/C22H25N5O4/c1-22(2,21(29)30-3)9-10-24-20(28)17-6-4-5-16(11-17)13-31-18-7-8-19(25-12-18)27-15-23-14-26-27/h4-8,11-12,14-15H,9-10,13H2,1-3H3,(H,24,28). The number of aromatic nitrogens is 4. The lowest BCUT2D eigenvalue weighted by Crippen LogP contribution is -2.32. The van der Waals surface area contributed by atoms with Crippen molar-refractivity contribution in [1.82, 2.24) is 25.1 Å². The van der Waals surface area contributed by atoms with Crippen LogP contribution in [0.3, 0.4) is 0 Å². The summed E-state index contributed by atoms with van der Waals surface area (Å²) < 4.78 is 12.1. The van der Waals surface area contributed by atoms with E-state index in [-0.39, 0.29) is 11.9 Å². The third kappa shape index (κ3) is 5.88. The summed E-state index contributed by atoms with van der Waals surface area (Å²) in [5, 5.41) is 6.87. The van der Waals surface area contributed by atoms with Gasteiger partial charge in [0.1, 0.15) is 25.0 Å². The molecule has 1 amide bonds. The van der Waals surface area contributed by atoms with Gasteiger partial charge in [0, 0.05) is 12.1 Å². The van der Waals surface area contributed by atoms with Crippen molar-refractivity contribution in [3.05, 3.63) is 66.4 Å². The van der Waals surface area contributed by atoms with Gasteiger partial charge in [-0.05, 0) is 50.1 Å². The minimum absolute atomic E-state index is 0.207. The summed E-state index contributed by atoms with van der Waals surface area (Å²) in [5.74, 6) is 0.730. The zero-order valence-electron chi connectivity index (χ0n) is 17.7. The molecule has 31 heavy (non-hydrogen) atoms. The molecule has 2 heterocycles. The number of rotatable bonds is 9. The number of esters is 1. The van der Waals surface area contributed by atoms with Crippen LogP contribution in [-0.2, 0) is 16.1 Å². The van der Waals surface area contributed by atoms with E-state index in [1.807, 2.05) is 6.07 Å². The molecule has 0 aliphatic carbocycles. The molecule has 1 N–H and O–H groups in total. The predicted molar refractivity (Wildman–Crippen MR) is 113 cm³/mol. The smallest absolute Gasteiger partial charge is 0.311 e. The molecule has 3 aromatic rings. The van der Waals surface area contributed by atoms with Crippen LogP contribution in [0.5, 0.6) is 5.75 Å². The first-order valence-electron chi connectivity index (χ1n) is 9.78. The zero-order valence-corrected chi connectivity index (χ0v) is 17.7. The molecule has 0 aliphatic heterocycles. The largest absolute Gasteiger partial charge is 0.487 e. The number of benzene rings is 1. The lowest BCUT2D eigenvalue weighted by atomic mass is 9.89. The van der Waals surface area contributed by atoms with E-state index >= 15 is 0 Å². The van der Waals surface area contributed by atoms with Crippen molar-refractivity contribution < 1.29 is 19.1 Å². The van der Waals surface area contributed by atoms with Crippen LogP contribution in [-0.4, -0.2) is 45.3 Å². The molecule has 0 unspecified atom stereocenters. The van der Waals surface area contributed by atoms with E-state index in [1.54, 1.807) is 61.4 Å². The fraction of sp³-hybridized carbons (Fsp3) is 0.318. The predicted octanol–water partition coefficient (Wildman–Crippen LogP) is 2.56. The third-order valence-electron chi connectivity index (χ3n) is 4.74. The van der Waals surface area contributed by atoms with Gasteiger partial charge in [-0.25, -0.2) is 14.6 Å². The van der Waals surface area contributed by atoms with Gasteiger partial charge in [0.2, 0.25) is 0 Å². The summed E-state index contributed by atoms with van der Waals surface area (Å²) in [7, 11) is 1.36. The minimum Gasteiger partial charge on any atom is -0.487 e. The van der Waals surface area contributed by atoms with Gasteiger partial charge in [-0.1, -0.05) is 12.1 Å². The second-order valence-electron chi connectivity index (χ2n) is 7.56. The normalized spacial score (nSPS) is 11.1. The van der Waals surface area contributed by atoms with Crippen LogP contribution in [0.1, 0.15) is 36.2 Å². The number of carbonyl (C=O) groups is 2. The van der Waals surface area contributed by atoms with E-state index in [2.05, 4.69) is 20.4 Å². The maximum absolute atomic E-state index is 12.5. The van der Waals surface area contributed by atoms with Gasteiger partial charge < -0.3 is 14.8 Å². The molecule has 0 saturated heterocycles. The van der Waals surface area contributed by atoms with E-state index in [0.717, 1.165) is 5.56 Å². The van der Waals surface area contributed by atoms with Crippen molar-refractivity contribution in [2.24, 2.45) is 5.41 Å². The summed E-state index contributed by atoms with van der Waals surface area (Å²) in [6, 6.07) is 10.8. The van der Waals surface area contributed by atoms with Crippen LogP contribution in [0.15, 0.2) is 55.2 Å². The maximum Gasteiger partial charge on any atom is 0.311 e. The monoisotopic (exact) mass is 423 g/mol. The minimum atomic E-state index is -0.658. The number of amides is 1. The summed E-state index contributed by atoms with van der Waals surface area (Å²) in [4.78, 5) is 32.4. The Labute approximate surface area is 180 Å². The van der Waals surface area contributed by atoms with Gasteiger partial charge in [0.15, 0.2) is 5.82 Å². The van der Waals surface area contributed by atoms with Gasteiger partial charge in [-0.3, -0.25) is 9.59 Å². The Morgan fingerprint density at radius 1 is 1.19 bits per heavy atom. The second kappa shape index (κ2) is 9.84. The number of methoxy groups -OCH3 is 1. The van der Waals surface area contributed by atoms with Crippen LogP contribution < -0.4 is 10.1 Å². The van der Waals surface area contributed by atoms with Crippen LogP contribution in [0.4, 0.5) is 0 Å². The van der Waals surface area contributed by atoms with Gasteiger partial charge in [-0.15, -0.1) is 0 Å². The van der Waals surface area contributed by atoms with E-state index < -0.39 is 5.41 Å².